The molecule has 0 spiro atoms. The first-order chi connectivity index (χ1) is 8.15. The minimum absolute atomic E-state index is 0.225. The van der Waals surface area contributed by atoms with E-state index in [1.165, 1.54) is 0 Å². The molecule has 17 heavy (non-hydrogen) atoms. The molecule has 0 saturated carbocycles. The van der Waals surface area contributed by atoms with Crippen LogP contribution in [0.15, 0.2) is 11.2 Å². The number of ether oxygens (including phenoxy) is 1. The highest BCUT2D eigenvalue weighted by Gasteiger charge is 2.17. The monoisotopic (exact) mass is 254 g/mol. The van der Waals surface area contributed by atoms with Crippen LogP contribution in [-0.4, -0.2) is 41.6 Å². The lowest BCUT2D eigenvalue weighted by atomic mass is 10.3. The zero-order chi connectivity index (χ0) is 12.3. The topological polar surface area (TPSA) is 63.7 Å². The van der Waals surface area contributed by atoms with Crippen molar-refractivity contribution in [2.24, 2.45) is 10.7 Å². The van der Waals surface area contributed by atoms with Crippen molar-refractivity contribution in [1.29, 1.82) is 0 Å². The zero-order valence-electron chi connectivity index (χ0n) is 10.2. The minimum atomic E-state index is 0.225. The SMILES string of the molecule is Cc1ncc(CN=C(N)N2CCOC(C)C2)s1. The third kappa shape index (κ3) is 3.41. The Balaban J connectivity index is 1.92. The van der Waals surface area contributed by atoms with Gasteiger partial charge in [-0.2, -0.15) is 0 Å². The van der Waals surface area contributed by atoms with Crippen LogP contribution in [0.3, 0.4) is 0 Å². The first-order valence-electron chi connectivity index (χ1n) is 5.73. The van der Waals surface area contributed by atoms with E-state index < -0.39 is 0 Å². The molecule has 2 heterocycles. The zero-order valence-corrected chi connectivity index (χ0v) is 11.0. The molecule has 1 aliphatic heterocycles. The van der Waals surface area contributed by atoms with Gasteiger partial charge in [0.05, 0.1) is 24.3 Å². The summed E-state index contributed by atoms with van der Waals surface area (Å²) in [5.74, 6) is 0.603. The molecule has 6 heteroatoms. The number of morpholine rings is 1. The maximum absolute atomic E-state index is 5.97. The van der Waals surface area contributed by atoms with E-state index in [0.29, 0.717) is 12.5 Å². The Morgan fingerprint density at radius 3 is 3.24 bits per heavy atom. The van der Waals surface area contributed by atoms with E-state index in [1.807, 2.05) is 20.0 Å². The number of hydrogen-bond donors (Lipinski definition) is 1. The highest BCUT2D eigenvalue weighted by Crippen LogP contribution is 2.12. The lowest BCUT2D eigenvalue weighted by Gasteiger charge is -2.31. The molecule has 1 aromatic rings. The van der Waals surface area contributed by atoms with Crippen LogP contribution in [0.25, 0.3) is 0 Å². The molecule has 0 aromatic carbocycles. The van der Waals surface area contributed by atoms with Gasteiger partial charge >= 0.3 is 0 Å². The molecule has 0 amide bonds. The molecular formula is C11H18N4OS. The molecule has 1 atom stereocenters. The van der Waals surface area contributed by atoms with Crippen LogP contribution in [0, 0.1) is 6.92 Å². The second kappa shape index (κ2) is 5.46. The van der Waals surface area contributed by atoms with Gasteiger partial charge in [-0.15, -0.1) is 11.3 Å². The first-order valence-corrected chi connectivity index (χ1v) is 6.54. The molecule has 0 aliphatic carbocycles. The van der Waals surface area contributed by atoms with Gasteiger partial charge in [-0.05, 0) is 13.8 Å². The van der Waals surface area contributed by atoms with E-state index in [-0.39, 0.29) is 6.10 Å². The molecule has 5 nitrogen and oxygen atoms in total. The predicted molar refractivity (Wildman–Crippen MR) is 69.2 cm³/mol. The number of guanidine groups is 1. The van der Waals surface area contributed by atoms with Gasteiger partial charge in [0.2, 0.25) is 0 Å². The van der Waals surface area contributed by atoms with E-state index in [0.717, 1.165) is 29.6 Å². The van der Waals surface area contributed by atoms with E-state index in [2.05, 4.69) is 14.9 Å². The van der Waals surface area contributed by atoms with Crippen LogP contribution in [-0.2, 0) is 11.3 Å². The van der Waals surface area contributed by atoms with E-state index >= 15 is 0 Å². The summed E-state index contributed by atoms with van der Waals surface area (Å²) in [6, 6.07) is 0. The van der Waals surface area contributed by atoms with Gasteiger partial charge in [-0.1, -0.05) is 0 Å². The Bertz CT molecular complexity index is 404. The lowest BCUT2D eigenvalue weighted by Crippen LogP contribution is -2.47. The molecule has 2 rings (SSSR count). The quantitative estimate of drug-likeness (QED) is 0.631. The predicted octanol–water partition coefficient (Wildman–Crippen LogP) is 0.987. The number of nitrogens with zero attached hydrogens (tertiary/aromatic N) is 3. The Hall–Kier alpha value is -1.14. The Morgan fingerprint density at radius 2 is 2.59 bits per heavy atom. The summed E-state index contributed by atoms with van der Waals surface area (Å²) >= 11 is 1.66. The van der Waals surface area contributed by atoms with E-state index in [4.69, 9.17) is 10.5 Å². The van der Waals surface area contributed by atoms with Gasteiger partial charge in [0.15, 0.2) is 5.96 Å². The van der Waals surface area contributed by atoms with E-state index in [9.17, 15) is 0 Å². The highest BCUT2D eigenvalue weighted by atomic mass is 32.1. The van der Waals surface area contributed by atoms with Gasteiger partial charge < -0.3 is 15.4 Å². The summed E-state index contributed by atoms with van der Waals surface area (Å²) in [5.41, 5.74) is 5.97. The van der Waals surface area contributed by atoms with Crippen molar-refractivity contribution in [3.05, 3.63) is 16.1 Å². The summed E-state index contributed by atoms with van der Waals surface area (Å²) < 4.78 is 5.46. The molecule has 94 valence electrons. The van der Waals surface area contributed by atoms with Crippen LogP contribution in [0.1, 0.15) is 16.8 Å². The van der Waals surface area contributed by atoms with Crippen LogP contribution in [0.4, 0.5) is 0 Å². The van der Waals surface area contributed by atoms with Crippen LogP contribution < -0.4 is 5.73 Å². The average molecular weight is 254 g/mol. The number of hydrogen-bond acceptors (Lipinski definition) is 4. The van der Waals surface area contributed by atoms with Crippen molar-refractivity contribution in [1.82, 2.24) is 9.88 Å². The summed E-state index contributed by atoms with van der Waals surface area (Å²) in [6.07, 6.45) is 2.08. The van der Waals surface area contributed by atoms with Crippen LogP contribution in [0.2, 0.25) is 0 Å². The van der Waals surface area contributed by atoms with Crippen LogP contribution >= 0.6 is 11.3 Å². The molecular weight excluding hydrogens is 236 g/mol. The maximum atomic E-state index is 5.97. The van der Waals surface area contributed by atoms with Crippen molar-refractivity contribution in [3.63, 3.8) is 0 Å². The fraction of sp³-hybridized carbons (Fsp3) is 0.636. The molecule has 1 unspecified atom stereocenters. The normalized spacial score (nSPS) is 21.9. The fourth-order valence-corrected chi connectivity index (χ4v) is 2.48. The molecule has 0 radical (unpaired) electrons. The average Bonchev–Trinajstić information content (AvgIpc) is 2.72. The fourth-order valence-electron chi connectivity index (χ4n) is 1.76. The summed E-state index contributed by atoms with van der Waals surface area (Å²) in [5, 5.41) is 1.06. The number of aryl methyl sites for hydroxylation is 1. The Labute approximate surface area is 105 Å². The molecule has 1 aromatic heterocycles. The second-order valence-electron chi connectivity index (χ2n) is 4.15. The van der Waals surface area contributed by atoms with Gasteiger partial charge in [-0.3, -0.25) is 0 Å². The first kappa shape index (κ1) is 12.3. The highest BCUT2D eigenvalue weighted by molar-refractivity contribution is 7.11. The summed E-state index contributed by atoms with van der Waals surface area (Å²) in [6.45, 7) is 7.01. The molecule has 0 bridgehead atoms. The number of aromatic nitrogens is 1. The second-order valence-corrected chi connectivity index (χ2v) is 5.47. The number of aliphatic imine (C=N–C) groups is 1. The lowest BCUT2D eigenvalue weighted by molar-refractivity contribution is 0.00529. The molecule has 1 fully saturated rings. The maximum Gasteiger partial charge on any atom is 0.191 e. The van der Waals surface area contributed by atoms with E-state index in [1.54, 1.807) is 11.3 Å². The number of thiazole rings is 1. The van der Waals surface area contributed by atoms with Crippen molar-refractivity contribution >= 4 is 17.3 Å². The van der Waals surface area contributed by atoms with Crippen molar-refractivity contribution in [3.8, 4) is 0 Å². The smallest absolute Gasteiger partial charge is 0.191 e. The molecule has 1 saturated heterocycles. The Morgan fingerprint density at radius 1 is 1.76 bits per heavy atom. The van der Waals surface area contributed by atoms with Crippen LogP contribution in [0.5, 0.6) is 0 Å². The molecule has 2 N–H and O–H groups in total. The summed E-state index contributed by atoms with van der Waals surface area (Å²) in [4.78, 5) is 11.8. The largest absolute Gasteiger partial charge is 0.375 e. The van der Waals surface area contributed by atoms with Crippen molar-refractivity contribution in [2.45, 2.75) is 26.5 Å². The summed E-state index contributed by atoms with van der Waals surface area (Å²) in [7, 11) is 0. The standard InChI is InChI=1S/C11H18N4OS/c1-8-7-15(3-4-16-8)11(12)14-6-10-5-13-9(2)17-10/h5,8H,3-4,6-7H2,1-2H3,(H2,12,14). The van der Waals surface area contributed by atoms with Gasteiger partial charge in [0.1, 0.15) is 0 Å². The van der Waals surface area contributed by atoms with Gasteiger partial charge in [-0.25, -0.2) is 9.98 Å². The van der Waals surface area contributed by atoms with Crippen molar-refractivity contribution in [2.75, 3.05) is 19.7 Å². The third-order valence-corrected chi connectivity index (χ3v) is 3.53. The van der Waals surface area contributed by atoms with Gasteiger partial charge in [0, 0.05) is 24.2 Å². The number of rotatable bonds is 2. The van der Waals surface area contributed by atoms with Crippen molar-refractivity contribution < 1.29 is 4.74 Å². The third-order valence-electron chi connectivity index (χ3n) is 2.63. The van der Waals surface area contributed by atoms with Gasteiger partial charge in [0.25, 0.3) is 0 Å². The minimum Gasteiger partial charge on any atom is -0.375 e. The molecule has 1 aliphatic rings. The Kier molecular flexibility index (Phi) is 3.96. The number of nitrogens with two attached hydrogens (primary N) is 1.